The second-order valence-electron chi connectivity index (χ2n) is 11.1. The van der Waals surface area contributed by atoms with Crippen LogP contribution in [0.2, 0.25) is 0 Å². The summed E-state index contributed by atoms with van der Waals surface area (Å²) in [6.07, 6.45) is 16.0. The van der Waals surface area contributed by atoms with Gasteiger partial charge in [0.05, 0.1) is 0 Å². The van der Waals surface area contributed by atoms with Gasteiger partial charge in [-0.3, -0.25) is 0 Å². The normalized spacial score (nSPS) is 23.2. The highest BCUT2D eigenvalue weighted by atomic mass is 14.8. The summed E-state index contributed by atoms with van der Waals surface area (Å²) in [5, 5.41) is 6.36. The van der Waals surface area contributed by atoms with E-state index >= 15 is 0 Å². The third kappa shape index (κ3) is 5.59. The first-order chi connectivity index (χ1) is 17.3. The van der Waals surface area contributed by atoms with Crippen molar-refractivity contribution in [2.45, 2.75) is 53.4 Å². The van der Waals surface area contributed by atoms with Crippen LogP contribution in [0, 0.1) is 5.41 Å². The minimum Gasteiger partial charge on any atom is -0.389 e. The summed E-state index contributed by atoms with van der Waals surface area (Å²) in [7, 11) is 3.85. The lowest BCUT2D eigenvalue weighted by molar-refractivity contribution is 0.547. The molecule has 0 saturated carbocycles. The average molecular weight is 493 g/mol. The van der Waals surface area contributed by atoms with Gasteiger partial charge in [0.25, 0.3) is 0 Å². The van der Waals surface area contributed by atoms with Crippen LogP contribution in [0.15, 0.2) is 114 Å². The highest BCUT2D eigenvalue weighted by Gasteiger charge is 2.34. The van der Waals surface area contributed by atoms with E-state index in [9.17, 15) is 0 Å². The molecule has 0 spiro atoms. The number of allylic oxidation sites excluding steroid dienone is 13. The van der Waals surface area contributed by atoms with Gasteiger partial charge in [0.15, 0.2) is 0 Å². The Labute approximate surface area is 225 Å². The maximum absolute atomic E-state index is 4.44. The highest BCUT2D eigenvalue weighted by Crippen LogP contribution is 2.47. The van der Waals surface area contributed by atoms with E-state index in [1.165, 1.54) is 33.4 Å². The first-order valence-electron chi connectivity index (χ1n) is 13.1. The van der Waals surface area contributed by atoms with E-state index in [2.05, 4.69) is 127 Å². The molecule has 37 heavy (non-hydrogen) atoms. The Morgan fingerprint density at radius 2 is 1.65 bits per heavy atom. The molecule has 0 amide bonds. The summed E-state index contributed by atoms with van der Waals surface area (Å²) in [6, 6.07) is 6.76. The van der Waals surface area contributed by atoms with E-state index in [-0.39, 0.29) is 10.8 Å². The molecule has 0 fully saturated rings. The fourth-order valence-electron chi connectivity index (χ4n) is 4.89. The summed E-state index contributed by atoms with van der Waals surface area (Å²) >= 11 is 0. The molecule has 0 atom stereocenters. The van der Waals surface area contributed by atoms with E-state index in [1.807, 2.05) is 20.2 Å². The van der Waals surface area contributed by atoms with Gasteiger partial charge >= 0.3 is 0 Å². The predicted molar refractivity (Wildman–Crippen MR) is 164 cm³/mol. The molecule has 0 heterocycles. The molecule has 0 unspecified atom stereocenters. The van der Waals surface area contributed by atoms with Gasteiger partial charge in [-0.2, -0.15) is 0 Å². The smallest absolute Gasteiger partial charge is 0.0337 e. The zero-order valence-electron chi connectivity index (χ0n) is 24.1. The van der Waals surface area contributed by atoms with Crippen molar-refractivity contribution in [2.75, 3.05) is 14.1 Å². The van der Waals surface area contributed by atoms with Crippen LogP contribution < -0.4 is 10.6 Å². The Bertz CT molecular complexity index is 1310. The van der Waals surface area contributed by atoms with Crippen LogP contribution in [-0.4, -0.2) is 14.1 Å². The van der Waals surface area contributed by atoms with Gasteiger partial charge in [-0.25, -0.2) is 0 Å². The topological polar surface area (TPSA) is 24.1 Å². The molecule has 2 N–H and O–H groups in total. The summed E-state index contributed by atoms with van der Waals surface area (Å²) < 4.78 is 0. The van der Waals surface area contributed by atoms with Gasteiger partial charge in [0.1, 0.15) is 0 Å². The van der Waals surface area contributed by atoms with Crippen LogP contribution in [0.3, 0.4) is 0 Å². The van der Waals surface area contributed by atoms with Crippen LogP contribution in [0.25, 0.3) is 11.1 Å². The molecule has 1 aromatic carbocycles. The van der Waals surface area contributed by atoms with E-state index in [0.29, 0.717) is 0 Å². The fraction of sp³-hybridized carbons (Fsp3) is 0.314. The van der Waals surface area contributed by atoms with Gasteiger partial charge in [-0.15, -0.1) is 0 Å². The van der Waals surface area contributed by atoms with Crippen molar-refractivity contribution in [1.82, 2.24) is 10.6 Å². The molecule has 2 aliphatic carbocycles. The summed E-state index contributed by atoms with van der Waals surface area (Å²) in [5.41, 5.74) is 13.0. The molecule has 0 saturated heterocycles. The molecule has 0 radical (unpaired) electrons. The van der Waals surface area contributed by atoms with Crippen LogP contribution in [0.4, 0.5) is 0 Å². The number of hydrogen-bond donors (Lipinski definition) is 2. The van der Waals surface area contributed by atoms with E-state index in [4.69, 9.17) is 0 Å². The molecule has 2 nitrogen and oxygen atoms in total. The van der Waals surface area contributed by atoms with Crippen molar-refractivity contribution >= 4 is 11.1 Å². The molecular formula is C35H44N2. The Balaban J connectivity index is 1.94. The SMILES string of the molecule is C=C(/C=C\C1=C(C)C(C)(C)c2cc(C(=C)/C=C\C3=C(/C)C(C)(C)C(=C)/C=C(NC)\C=C/C3)ccc21)NC. The summed E-state index contributed by atoms with van der Waals surface area (Å²) in [6.45, 7) is 26.4. The molecule has 194 valence electrons. The monoisotopic (exact) mass is 492 g/mol. The summed E-state index contributed by atoms with van der Waals surface area (Å²) in [5.74, 6) is 0. The minimum absolute atomic E-state index is 0.0416. The number of rotatable bonds is 7. The number of benzene rings is 1. The van der Waals surface area contributed by atoms with Crippen LogP contribution in [0.5, 0.6) is 0 Å². The van der Waals surface area contributed by atoms with Crippen molar-refractivity contribution in [3.8, 4) is 0 Å². The third-order valence-electron chi connectivity index (χ3n) is 8.43. The van der Waals surface area contributed by atoms with Crippen molar-refractivity contribution < 1.29 is 0 Å². The van der Waals surface area contributed by atoms with Crippen molar-refractivity contribution in [3.63, 3.8) is 0 Å². The molecule has 0 bridgehead atoms. The van der Waals surface area contributed by atoms with Crippen LogP contribution >= 0.6 is 0 Å². The minimum atomic E-state index is -0.140. The Morgan fingerprint density at radius 1 is 0.946 bits per heavy atom. The van der Waals surface area contributed by atoms with Crippen molar-refractivity contribution in [3.05, 3.63) is 131 Å². The summed E-state index contributed by atoms with van der Waals surface area (Å²) in [4.78, 5) is 0. The van der Waals surface area contributed by atoms with Crippen LogP contribution in [0.1, 0.15) is 64.7 Å². The lowest BCUT2D eigenvalue weighted by Crippen LogP contribution is -2.17. The van der Waals surface area contributed by atoms with Crippen molar-refractivity contribution in [2.24, 2.45) is 5.41 Å². The van der Waals surface area contributed by atoms with Gasteiger partial charge in [-0.1, -0.05) is 95.0 Å². The Kier molecular flexibility index (Phi) is 8.22. The quantitative estimate of drug-likeness (QED) is 0.372. The molecule has 1 aromatic rings. The van der Waals surface area contributed by atoms with Gasteiger partial charge in [-0.05, 0) is 83.5 Å². The Hall–Kier alpha value is -3.52. The molecule has 2 aliphatic rings. The predicted octanol–water partition coefficient (Wildman–Crippen LogP) is 8.57. The zero-order chi connectivity index (χ0) is 27.5. The second-order valence-corrected chi connectivity index (χ2v) is 11.1. The Morgan fingerprint density at radius 3 is 2.30 bits per heavy atom. The number of nitrogens with one attached hydrogen (secondary N) is 2. The molecule has 2 heteroatoms. The lowest BCUT2D eigenvalue weighted by atomic mass is 9.76. The molecule has 3 rings (SSSR count). The highest BCUT2D eigenvalue weighted by molar-refractivity contribution is 5.87. The van der Waals surface area contributed by atoms with Crippen LogP contribution in [-0.2, 0) is 5.41 Å². The van der Waals surface area contributed by atoms with Gasteiger partial charge in [0.2, 0.25) is 0 Å². The van der Waals surface area contributed by atoms with E-state index < -0.39 is 0 Å². The average Bonchev–Trinajstić information content (AvgIpc) is 3.08. The number of fused-ring (bicyclic) bond motifs is 1. The number of likely N-dealkylation sites (N-methyl/N-ethyl adjacent to an activating group) is 2. The molecule has 0 aliphatic heterocycles. The first-order valence-corrected chi connectivity index (χ1v) is 13.1. The fourth-order valence-corrected chi connectivity index (χ4v) is 4.89. The van der Waals surface area contributed by atoms with Gasteiger partial charge < -0.3 is 10.6 Å². The maximum atomic E-state index is 4.44. The van der Waals surface area contributed by atoms with Crippen molar-refractivity contribution in [1.29, 1.82) is 0 Å². The second kappa shape index (κ2) is 10.8. The number of hydrogen-bond acceptors (Lipinski definition) is 2. The standard InChI is InChI=1S/C35H44N2/c1-23(15-17-28-13-12-14-30(37-11)21-24(2)34(6,7)26(28)4)29-18-20-32-31(19-16-25(3)36-10)27(5)35(8,9)33(32)22-29/h12,14-22,36-37H,1-3,13H2,4-11H3/b14-12-,17-15-,19-16-,28-26+,30-21+. The zero-order valence-corrected chi connectivity index (χ0v) is 24.1. The first kappa shape index (κ1) is 28.1. The molecular weight excluding hydrogens is 448 g/mol. The van der Waals surface area contributed by atoms with Gasteiger partial charge in [0, 0.05) is 36.3 Å². The van der Waals surface area contributed by atoms with E-state index in [1.54, 1.807) is 0 Å². The maximum Gasteiger partial charge on any atom is 0.0337 e. The largest absolute Gasteiger partial charge is 0.389 e. The third-order valence-corrected chi connectivity index (χ3v) is 8.43. The molecule has 0 aromatic heterocycles. The lowest BCUT2D eigenvalue weighted by Gasteiger charge is -2.29. The van der Waals surface area contributed by atoms with E-state index in [0.717, 1.165) is 34.5 Å².